The van der Waals surface area contributed by atoms with E-state index in [9.17, 15) is 14.9 Å². The normalized spacial score (nSPS) is 19.3. The fraction of sp³-hybridized carbons (Fsp3) is 0.333. The summed E-state index contributed by atoms with van der Waals surface area (Å²) in [5, 5.41) is 12.0. The highest BCUT2D eigenvalue weighted by Crippen LogP contribution is 2.40. The predicted octanol–water partition coefficient (Wildman–Crippen LogP) is 5.26. The molecule has 0 saturated heterocycles. The van der Waals surface area contributed by atoms with Crippen LogP contribution in [0.5, 0.6) is 5.75 Å². The van der Waals surface area contributed by atoms with Crippen molar-refractivity contribution in [1.29, 1.82) is 0 Å². The lowest BCUT2D eigenvalue weighted by molar-refractivity contribution is -0.385. The number of hydrogen-bond acceptors (Lipinski definition) is 8. The van der Waals surface area contributed by atoms with Gasteiger partial charge in [0.05, 0.1) is 10.2 Å². The quantitative estimate of drug-likeness (QED) is 0.211. The lowest BCUT2D eigenvalue weighted by Gasteiger charge is -2.29. The number of nitro groups is 1. The minimum atomic E-state index is -0.912. The van der Waals surface area contributed by atoms with Gasteiger partial charge in [-0.1, -0.05) is 35.4 Å². The Morgan fingerprint density at radius 2 is 1.93 bits per heavy atom. The van der Waals surface area contributed by atoms with Crippen LogP contribution in [0.1, 0.15) is 25.7 Å². The van der Waals surface area contributed by atoms with Crippen molar-refractivity contribution in [3.63, 3.8) is 0 Å². The van der Waals surface area contributed by atoms with Gasteiger partial charge in [-0.3, -0.25) is 10.1 Å². The molecule has 1 aliphatic rings. The van der Waals surface area contributed by atoms with E-state index in [1.54, 1.807) is 33.9 Å². The van der Waals surface area contributed by atoms with Gasteiger partial charge in [-0.25, -0.2) is 9.78 Å². The van der Waals surface area contributed by atoms with E-state index in [-0.39, 0.29) is 22.8 Å². The van der Waals surface area contributed by atoms with Crippen LogP contribution in [-0.4, -0.2) is 27.4 Å². The van der Waals surface area contributed by atoms with E-state index >= 15 is 0 Å². The molecule has 9 heteroatoms. The number of carbonyl (C=O) groups is 1. The number of nitro benzene ring substituents is 1. The van der Waals surface area contributed by atoms with Crippen LogP contribution in [0.4, 0.5) is 10.5 Å². The topological polar surface area (TPSA) is 91.6 Å². The number of rotatable bonds is 6. The number of carbonyl (C=O) groups excluding carboxylic acids is 1. The Kier molecular flexibility index (Phi) is 6.94. The molecule has 0 amide bonds. The fourth-order valence-electron chi connectivity index (χ4n) is 2.75. The molecule has 0 spiro atoms. The van der Waals surface area contributed by atoms with E-state index < -0.39 is 11.1 Å². The summed E-state index contributed by atoms with van der Waals surface area (Å²) in [7, 11) is 3.18. The summed E-state index contributed by atoms with van der Waals surface area (Å²) in [4.78, 5) is 26.9. The summed E-state index contributed by atoms with van der Waals surface area (Å²) in [5.41, 5.74) is -0.269. The second kappa shape index (κ2) is 9.61. The van der Waals surface area contributed by atoms with Crippen LogP contribution in [0, 0.1) is 10.1 Å². The van der Waals surface area contributed by atoms with Gasteiger partial charge >= 0.3 is 11.8 Å². The highest BCUT2D eigenvalue weighted by molar-refractivity contribution is 8.76. The summed E-state index contributed by atoms with van der Waals surface area (Å²) < 4.78 is 10.6. The summed E-state index contributed by atoms with van der Waals surface area (Å²) in [6.07, 6.45) is 4.23. The van der Waals surface area contributed by atoms with Gasteiger partial charge in [-0.2, -0.15) is 0 Å². The Morgan fingerprint density at radius 3 is 2.70 bits per heavy atom. The van der Waals surface area contributed by atoms with Crippen LogP contribution < -0.4 is 4.74 Å². The second-order valence-corrected chi connectivity index (χ2v) is 8.36. The largest absolute Gasteiger partial charge is 0.514 e. The van der Waals surface area contributed by atoms with Crippen molar-refractivity contribution in [3.05, 3.63) is 58.8 Å². The minimum Gasteiger partial charge on any atom is -0.429 e. The van der Waals surface area contributed by atoms with E-state index in [4.69, 9.17) is 9.47 Å². The van der Waals surface area contributed by atoms with Gasteiger partial charge in [0.1, 0.15) is 11.1 Å². The van der Waals surface area contributed by atoms with Crippen molar-refractivity contribution >= 4 is 33.4 Å². The van der Waals surface area contributed by atoms with Crippen molar-refractivity contribution in [1.82, 2.24) is 4.98 Å². The molecule has 3 rings (SSSR count). The van der Waals surface area contributed by atoms with Gasteiger partial charge in [-0.05, 0) is 48.3 Å². The molecule has 0 aliphatic heterocycles. The Balaban J connectivity index is 1.59. The lowest BCUT2D eigenvalue weighted by Crippen LogP contribution is -2.32. The zero-order valence-corrected chi connectivity index (χ0v) is 16.0. The molecule has 0 radical (unpaired) electrons. The van der Waals surface area contributed by atoms with Crippen molar-refractivity contribution in [2.45, 2.75) is 42.1 Å². The molecule has 27 heavy (non-hydrogen) atoms. The van der Waals surface area contributed by atoms with Crippen LogP contribution in [0.3, 0.4) is 0 Å². The van der Waals surface area contributed by atoms with Gasteiger partial charge in [0, 0.05) is 12.3 Å². The minimum absolute atomic E-state index is 0.115. The first-order chi connectivity index (χ1) is 13.1. The maximum absolute atomic E-state index is 12.2. The maximum Gasteiger partial charge on any atom is 0.514 e. The molecule has 0 bridgehead atoms. The smallest absolute Gasteiger partial charge is 0.429 e. The molecule has 2 atom stereocenters. The van der Waals surface area contributed by atoms with Crippen LogP contribution in [0.15, 0.2) is 53.7 Å². The van der Waals surface area contributed by atoms with E-state index in [2.05, 4.69) is 4.98 Å². The zero-order valence-electron chi connectivity index (χ0n) is 14.4. The average molecular weight is 406 g/mol. The van der Waals surface area contributed by atoms with Gasteiger partial charge in [-0.15, -0.1) is 0 Å². The summed E-state index contributed by atoms with van der Waals surface area (Å²) in [6, 6.07) is 11.5. The third kappa shape index (κ3) is 5.61. The maximum atomic E-state index is 12.2. The van der Waals surface area contributed by atoms with Crippen LogP contribution >= 0.6 is 21.6 Å². The number of aromatic nitrogens is 1. The molecule has 142 valence electrons. The molecule has 1 aromatic carbocycles. The monoisotopic (exact) mass is 406 g/mol. The first-order valence-corrected chi connectivity index (χ1v) is 10.7. The van der Waals surface area contributed by atoms with E-state index in [0.29, 0.717) is 0 Å². The molecule has 2 aromatic rings. The Bertz CT molecular complexity index is 790. The summed E-state index contributed by atoms with van der Waals surface area (Å²) >= 11 is 0. The van der Waals surface area contributed by atoms with Crippen LogP contribution in [0.25, 0.3) is 0 Å². The summed E-state index contributed by atoms with van der Waals surface area (Å²) in [6.45, 7) is 0. The summed E-state index contributed by atoms with van der Waals surface area (Å²) in [5.74, 6) is -0.115. The molecule has 0 unspecified atom stereocenters. The fourth-order valence-corrected chi connectivity index (χ4v) is 5.41. The van der Waals surface area contributed by atoms with Crippen LogP contribution in [-0.2, 0) is 4.74 Å². The van der Waals surface area contributed by atoms with Gasteiger partial charge in [0.15, 0.2) is 0 Å². The lowest BCUT2D eigenvalue weighted by atomic mass is 9.97. The zero-order chi connectivity index (χ0) is 19.1. The SMILES string of the molecule is O=C(Oc1ccccc1[N+](=O)[O-])O[C@H]1CCCC[C@@H]1SSc1ccccn1. The number of pyridine rings is 1. The third-order valence-electron chi connectivity index (χ3n) is 4.04. The molecule has 1 saturated carbocycles. The Labute approximate surface area is 164 Å². The molecular weight excluding hydrogens is 388 g/mol. The van der Waals surface area contributed by atoms with Gasteiger partial charge in [0.25, 0.3) is 0 Å². The van der Waals surface area contributed by atoms with E-state index in [1.807, 2.05) is 18.2 Å². The molecule has 7 nitrogen and oxygen atoms in total. The average Bonchev–Trinajstić information content (AvgIpc) is 2.68. The number of para-hydroxylation sites is 2. The van der Waals surface area contributed by atoms with Crippen molar-refractivity contribution in [2.24, 2.45) is 0 Å². The first-order valence-electron chi connectivity index (χ1n) is 8.50. The Hall–Kier alpha value is -2.26. The van der Waals surface area contributed by atoms with Crippen molar-refractivity contribution in [2.75, 3.05) is 0 Å². The molecular formula is C18H18N2O5S2. The molecule has 0 N–H and O–H groups in total. The van der Waals surface area contributed by atoms with Crippen molar-refractivity contribution < 1.29 is 19.2 Å². The van der Waals surface area contributed by atoms with Gasteiger partial charge < -0.3 is 9.47 Å². The van der Waals surface area contributed by atoms with Gasteiger partial charge in [0.2, 0.25) is 5.75 Å². The Morgan fingerprint density at radius 1 is 1.15 bits per heavy atom. The standard InChI is InChI=1S/C18H18N2O5S2/c21-18(24-14-8-2-1-7-13(14)20(22)23)25-15-9-3-4-10-16(15)26-27-17-11-5-6-12-19-17/h1-2,5-8,11-12,15-16H,3-4,9-10H2/t15-,16-/m0/s1. The highest BCUT2D eigenvalue weighted by Gasteiger charge is 2.30. The molecule has 1 aromatic heterocycles. The highest BCUT2D eigenvalue weighted by atomic mass is 33.1. The molecule has 1 heterocycles. The molecule has 1 fully saturated rings. The predicted molar refractivity (Wildman–Crippen MR) is 104 cm³/mol. The molecule has 1 aliphatic carbocycles. The number of nitrogens with zero attached hydrogens (tertiary/aromatic N) is 2. The first kappa shape index (κ1) is 19.5. The third-order valence-corrected chi connectivity index (χ3v) is 6.88. The van der Waals surface area contributed by atoms with Crippen molar-refractivity contribution in [3.8, 4) is 5.75 Å². The number of hydrogen-bond donors (Lipinski definition) is 0. The second-order valence-electron chi connectivity index (χ2n) is 5.90. The van der Waals surface area contributed by atoms with E-state index in [1.165, 1.54) is 18.2 Å². The van der Waals surface area contributed by atoms with Crippen LogP contribution in [0.2, 0.25) is 0 Å². The number of ether oxygens (including phenoxy) is 2. The number of benzene rings is 1. The van der Waals surface area contributed by atoms with E-state index in [0.717, 1.165) is 30.7 Å².